The van der Waals surface area contributed by atoms with Crippen LogP contribution in [0.3, 0.4) is 0 Å². The lowest BCUT2D eigenvalue weighted by Crippen LogP contribution is -2.45. The molecular weight excluding hydrogens is 843 g/mol. The van der Waals surface area contributed by atoms with E-state index in [9.17, 15) is 15.0 Å². The number of carbonyl (C=O) groups is 1. The quantitative estimate of drug-likeness (QED) is 0.0420. The van der Waals surface area contributed by atoms with Crippen LogP contribution >= 0.6 is 0 Å². The lowest BCUT2D eigenvalue weighted by Gasteiger charge is -2.20. The third kappa shape index (κ3) is 56.6. The molecule has 2 unspecified atom stereocenters. The standard InChI is InChI=1S/C65H119NO3/c1-3-5-7-9-11-13-15-17-19-21-23-25-27-29-31-32-33-34-35-37-39-41-43-45-47-49-51-53-55-57-59-61-65(69)66-63(62-67)64(68)60-58-56-54-52-50-48-46-44-42-40-38-36-30-28-26-24-22-20-18-16-14-12-10-8-6-4-2/h5,7,11,13,17,19,23,25,29,31,58,60,63-64,67-68H,3-4,6,8-10,12,14-16,18,20-22,24,26-28,30,32-57,59,61-62H2,1-2H3,(H,66,69)/b7-5-,13-11-,19-17-,25-23-,31-29-,60-58+. The predicted molar refractivity (Wildman–Crippen MR) is 308 cm³/mol. The largest absolute Gasteiger partial charge is 0.394 e. The fourth-order valence-electron chi connectivity index (χ4n) is 9.33. The number of carbonyl (C=O) groups excluding carboxylic acids is 1. The van der Waals surface area contributed by atoms with E-state index in [1.165, 1.54) is 238 Å². The molecule has 0 radical (unpaired) electrons. The first-order valence-electron chi connectivity index (χ1n) is 30.7. The molecule has 0 aromatic heterocycles. The number of unbranched alkanes of at least 4 members (excludes halogenated alkanes) is 39. The fourth-order valence-corrected chi connectivity index (χ4v) is 9.33. The van der Waals surface area contributed by atoms with Crippen molar-refractivity contribution in [1.29, 1.82) is 0 Å². The number of aliphatic hydroxyl groups is 2. The van der Waals surface area contributed by atoms with Crippen LogP contribution in [0.25, 0.3) is 0 Å². The van der Waals surface area contributed by atoms with Crippen molar-refractivity contribution in [2.24, 2.45) is 0 Å². The summed E-state index contributed by atoms with van der Waals surface area (Å²) in [4.78, 5) is 12.5. The average molecular weight is 963 g/mol. The van der Waals surface area contributed by atoms with Crippen LogP contribution in [0.5, 0.6) is 0 Å². The Balaban J connectivity index is 3.49. The van der Waals surface area contributed by atoms with E-state index in [0.29, 0.717) is 6.42 Å². The number of hydrogen-bond donors (Lipinski definition) is 3. The van der Waals surface area contributed by atoms with Crippen LogP contribution in [0.4, 0.5) is 0 Å². The maximum atomic E-state index is 12.5. The van der Waals surface area contributed by atoms with Crippen LogP contribution in [0.1, 0.15) is 316 Å². The molecule has 3 N–H and O–H groups in total. The number of amides is 1. The normalized spacial score (nSPS) is 13.3. The number of rotatable bonds is 56. The summed E-state index contributed by atoms with van der Waals surface area (Å²) in [7, 11) is 0. The molecule has 0 aliphatic heterocycles. The van der Waals surface area contributed by atoms with Gasteiger partial charge in [-0.2, -0.15) is 0 Å². The van der Waals surface area contributed by atoms with E-state index in [0.717, 1.165) is 57.8 Å². The summed E-state index contributed by atoms with van der Waals surface area (Å²) < 4.78 is 0. The van der Waals surface area contributed by atoms with Gasteiger partial charge in [0.1, 0.15) is 0 Å². The van der Waals surface area contributed by atoms with Crippen LogP contribution in [0.15, 0.2) is 72.9 Å². The summed E-state index contributed by atoms with van der Waals surface area (Å²) in [5.74, 6) is -0.0622. The predicted octanol–water partition coefficient (Wildman–Crippen LogP) is 20.5. The Kier molecular flexibility index (Phi) is 58.2. The highest BCUT2D eigenvalue weighted by Crippen LogP contribution is 2.18. The molecule has 4 nitrogen and oxygen atoms in total. The number of aliphatic hydroxyl groups excluding tert-OH is 2. The summed E-state index contributed by atoms with van der Waals surface area (Å²) in [5.41, 5.74) is 0. The van der Waals surface area contributed by atoms with Crippen molar-refractivity contribution in [3.8, 4) is 0 Å². The summed E-state index contributed by atoms with van der Waals surface area (Å²) in [6.45, 7) is 4.22. The van der Waals surface area contributed by atoms with E-state index in [-0.39, 0.29) is 12.5 Å². The summed E-state index contributed by atoms with van der Waals surface area (Å²) >= 11 is 0. The zero-order chi connectivity index (χ0) is 49.9. The molecule has 0 aromatic rings. The number of allylic oxidation sites excluding steroid dienone is 11. The van der Waals surface area contributed by atoms with Crippen LogP contribution in [-0.2, 0) is 4.79 Å². The Labute approximate surface area is 431 Å². The van der Waals surface area contributed by atoms with Crippen molar-refractivity contribution >= 4 is 5.91 Å². The molecule has 1 amide bonds. The molecule has 0 heterocycles. The van der Waals surface area contributed by atoms with E-state index in [2.05, 4.69) is 79.9 Å². The average Bonchev–Trinajstić information content (AvgIpc) is 3.35. The molecule has 0 aliphatic rings. The zero-order valence-corrected chi connectivity index (χ0v) is 46.3. The molecule has 402 valence electrons. The van der Waals surface area contributed by atoms with Gasteiger partial charge in [-0.05, 0) is 64.2 Å². The minimum absolute atomic E-state index is 0.0622. The van der Waals surface area contributed by atoms with Crippen LogP contribution < -0.4 is 5.32 Å². The van der Waals surface area contributed by atoms with Gasteiger partial charge in [-0.3, -0.25) is 4.79 Å². The van der Waals surface area contributed by atoms with Crippen molar-refractivity contribution in [3.63, 3.8) is 0 Å². The van der Waals surface area contributed by atoms with Crippen LogP contribution in [0, 0.1) is 0 Å². The molecule has 0 saturated carbocycles. The highest BCUT2D eigenvalue weighted by Gasteiger charge is 2.18. The first kappa shape index (κ1) is 66.8. The molecule has 69 heavy (non-hydrogen) atoms. The van der Waals surface area contributed by atoms with Gasteiger partial charge in [-0.1, -0.05) is 318 Å². The van der Waals surface area contributed by atoms with Crippen molar-refractivity contribution < 1.29 is 15.0 Å². The number of nitrogens with one attached hydrogen (secondary N) is 1. The molecular formula is C65H119NO3. The van der Waals surface area contributed by atoms with E-state index in [1.54, 1.807) is 6.08 Å². The molecule has 0 spiro atoms. The maximum absolute atomic E-state index is 12.5. The first-order valence-corrected chi connectivity index (χ1v) is 30.7. The molecule has 0 aromatic carbocycles. The highest BCUT2D eigenvalue weighted by molar-refractivity contribution is 5.76. The Hall–Kier alpha value is -2.17. The Morgan fingerprint density at radius 1 is 0.362 bits per heavy atom. The fraction of sp³-hybridized carbons (Fsp3) is 0.800. The van der Waals surface area contributed by atoms with Gasteiger partial charge in [0.25, 0.3) is 0 Å². The zero-order valence-electron chi connectivity index (χ0n) is 46.3. The van der Waals surface area contributed by atoms with Crippen LogP contribution in [-0.4, -0.2) is 34.9 Å². The van der Waals surface area contributed by atoms with Gasteiger partial charge in [0.15, 0.2) is 0 Å². The Bertz CT molecular complexity index is 1180. The van der Waals surface area contributed by atoms with E-state index in [4.69, 9.17) is 0 Å². The van der Waals surface area contributed by atoms with Crippen molar-refractivity contribution in [2.45, 2.75) is 328 Å². The second kappa shape index (κ2) is 60.1. The second-order valence-corrected chi connectivity index (χ2v) is 20.7. The van der Waals surface area contributed by atoms with Crippen LogP contribution in [0.2, 0.25) is 0 Å². The minimum Gasteiger partial charge on any atom is -0.394 e. The van der Waals surface area contributed by atoms with E-state index >= 15 is 0 Å². The first-order chi connectivity index (χ1) is 34.2. The highest BCUT2D eigenvalue weighted by atomic mass is 16.3. The molecule has 2 atom stereocenters. The van der Waals surface area contributed by atoms with Crippen molar-refractivity contribution in [2.75, 3.05) is 6.61 Å². The summed E-state index contributed by atoms with van der Waals surface area (Å²) in [6.07, 6.45) is 86.5. The SMILES string of the molecule is CC/C=C\C/C=C\C/C=C\C/C=C\C/C=C\CCCCCCCCCCCCCCCCCC(=O)NC(CO)C(O)/C=C/CCCCCCCCCCCCCCCCCCCCCCCCCC. The molecule has 0 aliphatic carbocycles. The van der Waals surface area contributed by atoms with Crippen molar-refractivity contribution in [3.05, 3.63) is 72.9 Å². The second-order valence-electron chi connectivity index (χ2n) is 20.7. The summed E-state index contributed by atoms with van der Waals surface area (Å²) in [6, 6.07) is -0.626. The molecule has 0 fully saturated rings. The lowest BCUT2D eigenvalue weighted by atomic mass is 10.0. The molecule has 0 rings (SSSR count). The maximum Gasteiger partial charge on any atom is 0.220 e. The molecule has 0 saturated heterocycles. The van der Waals surface area contributed by atoms with Gasteiger partial charge in [-0.25, -0.2) is 0 Å². The van der Waals surface area contributed by atoms with E-state index in [1.807, 2.05) is 6.08 Å². The van der Waals surface area contributed by atoms with Gasteiger partial charge < -0.3 is 15.5 Å². The third-order valence-electron chi connectivity index (χ3n) is 13.9. The van der Waals surface area contributed by atoms with Crippen molar-refractivity contribution in [1.82, 2.24) is 5.32 Å². The van der Waals surface area contributed by atoms with E-state index < -0.39 is 12.1 Å². The van der Waals surface area contributed by atoms with Gasteiger partial charge in [-0.15, -0.1) is 0 Å². The minimum atomic E-state index is -0.843. The van der Waals surface area contributed by atoms with Gasteiger partial charge in [0.05, 0.1) is 18.8 Å². The molecule has 4 heteroatoms. The smallest absolute Gasteiger partial charge is 0.220 e. The number of hydrogen-bond acceptors (Lipinski definition) is 3. The third-order valence-corrected chi connectivity index (χ3v) is 13.9. The van der Waals surface area contributed by atoms with Gasteiger partial charge in [0.2, 0.25) is 5.91 Å². The monoisotopic (exact) mass is 962 g/mol. The lowest BCUT2D eigenvalue weighted by molar-refractivity contribution is -0.123. The topological polar surface area (TPSA) is 69.6 Å². The Morgan fingerprint density at radius 3 is 0.957 bits per heavy atom. The summed E-state index contributed by atoms with van der Waals surface area (Å²) in [5, 5.41) is 23.2. The van der Waals surface area contributed by atoms with Gasteiger partial charge in [0, 0.05) is 6.42 Å². The Morgan fingerprint density at radius 2 is 0.638 bits per heavy atom. The molecule has 0 bridgehead atoms. The van der Waals surface area contributed by atoms with Gasteiger partial charge >= 0.3 is 0 Å².